The lowest BCUT2D eigenvalue weighted by Gasteiger charge is -2.29. The number of ketones is 1. The molecule has 0 heterocycles. The van der Waals surface area contributed by atoms with Gasteiger partial charge >= 0.3 is 0 Å². The van der Waals surface area contributed by atoms with Gasteiger partial charge in [0.15, 0.2) is 5.78 Å². The van der Waals surface area contributed by atoms with E-state index in [4.69, 9.17) is 0 Å². The van der Waals surface area contributed by atoms with Gasteiger partial charge in [0.25, 0.3) is 0 Å². The fraction of sp³-hybridized carbons (Fsp3) is 0.286. The summed E-state index contributed by atoms with van der Waals surface area (Å²) in [5, 5.41) is 3.49. The number of Topliss-reactive ketones (excluding diaryl/α,β-unsaturated/α-hetero) is 1. The lowest BCUT2D eigenvalue weighted by Crippen LogP contribution is -2.27. The second-order valence-corrected chi connectivity index (χ2v) is 6.51. The highest BCUT2D eigenvalue weighted by atomic mass is 19.1. The van der Waals surface area contributed by atoms with Crippen molar-refractivity contribution in [3.05, 3.63) is 71.0 Å². The number of aryl methyl sites for hydroxylation is 2. The maximum atomic E-state index is 14.3. The van der Waals surface area contributed by atoms with E-state index >= 15 is 0 Å². The normalized spacial score (nSPS) is 14.1. The Labute approximate surface area is 142 Å². The van der Waals surface area contributed by atoms with Crippen molar-refractivity contribution < 1.29 is 9.18 Å². The van der Waals surface area contributed by atoms with Crippen LogP contribution in [0, 0.1) is 19.7 Å². The van der Waals surface area contributed by atoms with E-state index < -0.39 is 5.82 Å². The van der Waals surface area contributed by atoms with Gasteiger partial charge in [0.2, 0.25) is 0 Å². The van der Waals surface area contributed by atoms with Gasteiger partial charge < -0.3 is 5.32 Å². The topological polar surface area (TPSA) is 29.1 Å². The zero-order valence-corrected chi connectivity index (χ0v) is 14.2. The quantitative estimate of drug-likeness (QED) is 0.597. The molecule has 1 aliphatic carbocycles. The van der Waals surface area contributed by atoms with E-state index in [1.165, 1.54) is 12.5 Å². The van der Waals surface area contributed by atoms with Crippen molar-refractivity contribution >= 4 is 17.0 Å². The second-order valence-electron chi connectivity index (χ2n) is 6.51. The van der Waals surface area contributed by atoms with Crippen LogP contribution in [0.5, 0.6) is 0 Å². The van der Waals surface area contributed by atoms with Crippen LogP contribution in [-0.4, -0.2) is 11.8 Å². The fourth-order valence-electron chi connectivity index (χ4n) is 3.06. The Bertz CT molecular complexity index is 805. The molecule has 124 valence electrons. The zero-order valence-electron chi connectivity index (χ0n) is 14.2. The molecule has 0 saturated heterocycles. The predicted octanol–water partition coefficient (Wildman–Crippen LogP) is 5.30. The van der Waals surface area contributed by atoms with Crippen molar-refractivity contribution in [2.24, 2.45) is 0 Å². The van der Waals surface area contributed by atoms with E-state index in [0.29, 0.717) is 17.2 Å². The van der Waals surface area contributed by atoms with Crippen molar-refractivity contribution in [3.8, 4) is 0 Å². The molecule has 1 saturated carbocycles. The number of hydrogen-bond donors (Lipinski definition) is 1. The summed E-state index contributed by atoms with van der Waals surface area (Å²) in [5.74, 6) is -0.826. The molecule has 2 nitrogen and oxygen atoms in total. The van der Waals surface area contributed by atoms with Crippen LogP contribution < -0.4 is 5.32 Å². The molecular weight excluding hydrogens is 301 g/mol. The van der Waals surface area contributed by atoms with Gasteiger partial charge in [-0.05, 0) is 56.4 Å². The molecule has 2 aromatic rings. The van der Waals surface area contributed by atoms with Crippen molar-refractivity contribution in [1.82, 2.24) is 0 Å². The van der Waals surface area contributed by atoms with E-state index in [-0.39, 0.29) is 11.3 Å². The fourth-order valence-corrected chi connectivity index (χ4v) is 3.06. The van der Waals surface area contributed by atoms with Crippen LogP contribution in [0.3, 0.4) is 0 Å². The largest absolute Gasteiger partial charge is 0.382 e. The lowest BCUT2D eigenvalue weighted by molar-refractivity contribution is 0.105. The van der Waals surface area contributed by atoms with Gasteiger partial charge in [-0.15, -0.1) is 0 Å². The molecule has 0 amide bonds. The van der Waals surface area contributed by atoms with Crippen LogP contribution >= 0.6 is 0 Å². The number of rotatable bonds is 5. The van der Waals surface area contributed by atoms with E-state index in [1.807, 2.05) is 25.1 Å². The molecule has 0 aromatic heterocycles. The van der Waals surface area contributed by atoms with Gasteiger partial charge in [0.05, 0.1) is 5.56 Å². The summed E-state index contributed by atoms with van der Waals surface area (Å²) in [5.41, 5.74) is 3.54. The first-order valence-corrected chi connectivity index (χ1v) is 8.34. The van der Waals surface area contributed by atoms with Gasteiger partial charge in [0, 0.05) is 22.9 Å². The Hall–Kier alpha value is -2.42. The van der Waals surface area contributed by atoms with Crippen molar-refractivity contribution in [2.75, 3.05) is 5.32 Å². The number of hydrogen-bond acceptors (Lipinski definition) is 2. The minimum atomic E-state index is -0.467. The minimum Gasteiger partial charge on any atom is -0.382 e. The monoisotopic (exact) mass is 323 g/mol. The van der Waals surface area contributed by atoms with Crippen LogP contribution in [0.4, 0.5) is 10.1 Å². The maximum Gasteiger partial charge on any atom is 0.196 e. The summed E-state index contributed by atoms with van der Waals surface area (Å²) in [6, 6.07) is 11.2. The Kier molecular flexibility index (Phi) is 4.52. The molecule has 0 bridgehead atoms. The van der Waals surface area contributed by atoms with E-state index in [0.717, 1.165) is 29.7 Å². The van der Waals surface area contributed by atoms with Gasteiger partial charge in [0.1, 0.15) is 5.82 Å². The zero-order chi connectivity index (χ0) is 17.3. The highest BCUT2D eigenvalue weighted by Crippen LogP contribution is 2.32. The standard InChI is InChI=1S/C21H22FNO/c1-13-7-5-12-18(23-16-9-6-10-16)19(13)15(3)21(24)17-11-4-8-14(2)20(17)22/h4-5,7-8,11-12,16,23H,3,6,9-10H2,1-2H3. The maximum absolute atomic E-state index is 14.3. The van der Waals surface area contributed by atoms with Crippen LogP contribution in [-0.2, 0) is 0 Å². The third-order valence-electron chi connectivity index (χ3n) is 4.75. The molecule has 3 heteroatoms. The average molecular weight is 323 g/mol. The van der Waals surface area contributed by atoms with Crippen LogP contribution in [0.1, 0.15) is 46.3 Å². The second kappa shape index (κ2) is 6.60. The Morgan fingerprint density at radius 2 is 1.79 bits per heavy atom. The van der Waals surface area contributed by atoms with Gasteiger partial charge in [-0.2, -0.15) is 0 Å². The first-order valence-electron chi connectivity index (χ1n) is 8.34. The Balaban J connectivity index is 1.97. The van der Waals surface area contributed by atoms with Gasteiger partial charge in [-0.1, -0.05) is 30.8 Å². The van der Waals surface area contributed by atoms with Crippen molar-refractivity contribution in [3.63, 3.8) is 0 Å². The average Bonchev–Trinajstić information content (AvgIpc) is 2.52. The first-order chi connectivity index (χ1) is 11.5. The number of carbonyl (C=O) groups excluding carboxylic acids is 1. The van der Waals surface area contributed by atoms with Gasteiger partial charge in [-0.3, -0.25) is 4.79 Å². The Morgan fingerprint density at radius 1 is 1.12 bits per heavy atom. The number of halogens is 1. The molecule has 0 atom stereocenters. The number of allylic oxidation sites excluding steroid dienone is 1. The summed E-state index contributed by atoms with van der Waals surface area (Å²) >= 11 is 0. The highest BCUT2D eigenvalue weighted by molar-refractivity contribution is 6.29. The summed E-state index contributed by atoms with van der Waals surface area (Å²) < 4.78 is 14.3. The molecule has 3 rings (SSSR count). The van der Waals surface area contributed by atoms with Crippen molar-refractivity contribution in [1.29, 1.82) is 0 Å². The number of nitrogens with one attached hydrogen (secondary N) is 1. The molecule has 0 unspecified atom stereocenters. The van der Waals surface area contributed by atoms with E-state index in [9.17, 15) is 9.18 Å². The molecule has 24 heavy (non-hydrogen) atoms. The molecular formula is C21H22FNO. The van der Waals surface area contributed by atoms with Crippen LogP contribution in [0.15, 0.2) is 43.0 Å². The number of benzene rings is 2. The van der Waals surface area contributed by atoms with E-state index in [1.54, 1.807) is 19.1 Å². The summed E-state index contributed by atoms with van der Waals surface area (Å²) in [6.07, 6.45) is 3.51. The van der Waals surface area contributed by atoms with E-state index in [2.05, 4.69) is 11.9 Å². The lowest BCUT2D eigenvalue weighted by atomic mass is 9.90. The van der Waals surface area contributed by atoms with Gasteiger partial charge in [-0.25, -0.2) is 4.39 Å². The predicted molar refractivity (Wildman–Crippen MR) is 96.9 cm³/mol. The third-order valence-corrected chi connectivity index (χ3v) is 4.75. The smallest absolute Gasteiger partial charge is 0.196 e. The Morgan fingerprint density at radius 3 is 2.46 bits per heavy atom. The summed E-state index contributed by atoms with van der Waals surface area (Å²) in [4.78, 5) is 12.8. The number of anilines is 1. The summed E-state index contributed by atoms with van der Waals surface area (Å²) in [6.45, 7) is 7.60. The molecule has 0 spiro atoms. The molecule has 2 aromatic carbocycles. The van der Waals surface area contributed by atoms with Crippen LogP contribution in [0.2, 0.25) is 0 Å². The van der Waals surface area contributed by atoms with Crippen LogP contribution in [0.25, 0.3) is 5.57 Å². The number of carbonyl (C=O) groups is 1. The van der Waals surface area contributed by atoms with Crippen molar-refractivity contribution in [2.45, 2.75) is 39.2 Å². The molecule has 0 radical (unpaired) electrons. The minimum absolute atomic E-state index is 0.0813. The molecule has 1 fully saturated rings. The first kappa shape index (κ1) is 16.4. The highest BCUT2D eigenvalue weighted by Gasteiger charge is 2.23. The molecule has 1 aliphatic rings. The SMILES string of the molecule is C=C(C(=O)c1cccc(C)c1F)c1c(C)cccc1NC1CCC1. The molecule has 1 N–H and O–H groups in total. The third kappa shape index (κ3) is 2.99. The summed E-state index contributed by atoms with van der Waals surface area (Å²) in [7, 11) is 0. The molecule has 0 aliphatic heterocycles.